The summed E-state index contributed by atoms with van der Waals surface area (Å²) in [4.78, 5) is 8.54. The van der Waals surface area contributed by atoms with Crippen LogP contribution < -0.4 is 0 Å². The van der Waals surface area contributed by atoms with E-state index in [0.717, 1.165) is 39.9 Å². The highest BCUT2D eigenvalue weighted by Crippen LogP contribution is 2.38. The van der Waals surface area contributed by atoms with Crippen molar-refractivity contribution in [3.8, 4) is 11.1 Å². The van der Waals surface area contributed by atoms with Crippen LogP contribution in [0.5, 0.6) is 0 Å². The van der Waals surface area contributed by atoms with Crippen molar-refractivity contribution in [2.45, 2.75) is 26.2 Å². The lowest BCUT2D eigenvalue weighted by molar-refractivity contribution is 0.393. The SMILES string of the molecule is Cc1noc(C)c1-c1cc(F)ccc1C(Cc1cccnc1)c1cccnc1. The number of benzene rings is 1. The third kappa shape index (κ3) is 3.56. The Morgan fingerprint density at radius 3 is 2.43 bits per heavy atom. The molecule has 0 aliphatic rings. The maximum absolute atomic E-state index is 14.2. The Hall–Kier alpha value is -3.34. The Bertz CT molecular complexity index is 1060. The molecule has 1 aromatic carbocycles. The Labute approximate surface area is 163 Å². The average Bonchev–Trinajstić information content (AvgIpc) is 3.06. The molecule has 4 nitrogen and oxygen atoms in total. The number of rotatable bonds is 5. The fourth-order valence-corrected chi connectivity index (χ4v) is 3.66. The van der Waals surface area contributed by atoms with Crippen molar-refractivity contribution in [1.82, 2.24) is 15.1 Å². The number of aromatic nitrogens is 3. The molecule has 1 unspecified atom stereocenters. The van der Waals surface area contributed by atoms with Gasteiger partial charge >= 0.3 is 0 Å². The summed E-state index contributed by atoms with van der Waals surface area (Å²) in [6.45, 7) is 3.73. The monoisotopic (exact) mass is 373 g/mol. The molecule has 4 aromatic rings. The van der Waals surface area contributed by atoms with E-state index in [0.29, 0.717) is 5.76 Å². The molecule has 0 aliphatic heterocycles. The van der Waals surface area contributed by atoms with Gasteiger partial charge in [0.15, 0.2) is 0 Å². The minimum absolute atomic E-state index is 0.0119. The minimum Gasteiger partial charge on any atom is -0.361 e. The van der Waals surface area contributed by atoms with Crippen molar-refractivity contribution in [1.29, 1.82) is 0 Å². The van der Waals surface area contributed by atoms with Gasteiger partial charge in [-0.15, -0.1) is 0 Å². The summed E-state index contributed by atoms with van der Waals surface area (Å²) in [7, 11) is 0. The van der Waals surface area contributed by atoms with Gasteiger partial charge in [0.05, 0.1) is 5.69 Å². The molecule has 140 valence electrons. The van der Waals surface area contributed by atoms with Crippen LogP contribution in [-0.2, 0) is 6.42 Å². The second kappa shape index (κ2) is 7.72. The standard InChI is InChI=1S/C23H20FN3O/c1-15-23(16(2)28-27-15)22-12-19(24)7-8-20(22)21(18-6-4-10-26-14-18)11-17-5-3-9-25-13-17/h3-10,12-14,21H,11H2,1-2H3. The van der Waals surface area contributed by atoms with Crippen LogP contribution in [-0.4, -0.2) is 15.1 Å². The molecule has 4 rings (SSSR count). The molecule has 0 spiro atoms. The fourth-order valence-electron chi connectivity index (χ4n) is 3.66. The van der Waals surface area contributed by atoms with Crippen LogP contribution in [0, 0.1) is 19.7 Å². The van der Waals surface area contributed by atoms with E-state index in [9.17, 15) is 4.39 Å². The van der Waals surface area contributed by atoms with Gasteiger partial charge in [-0.05, 0) is 66.8 Å². The van der Waals surface area contributed by atoms with Gasteiger partial charge in [-0.2, -0.15) is 0 Å². The van der Waals surface area contributed by atoms with Crippen LogP contribution in [0.15, 0.2) is 71.8 Å². The zero-order valence-electron chi connectivity index (χ0n) is 15.8. The third-order valence-corrected chi connectivity index (χ3v) is 4.94. The van der Waals surface area contributed by atoms with Gasteiger partial charge in [0.2, 0.25) is 0 Å². The lowest BCUT2D eigenvalue weighted by Gasteiger charge is -2.21. The molecule has 0 saturated heterocycles. The molecular weight excluding hydrogens is 353 g/mol. The lowest BCUT2D eigenvalue weighted by atomic mass is 9.82. The first-order chi connectivity index (χ1) is 13.6. The maximum Gasteiger partial charge on any atom is 0.141 e. The number of halogens is 1. The second-order valence-electron chi connectivity index (χ2n) is 6.84. The highest BCUT2D eigenvalue weighted by molar-refractivity contribution is 5.72. The Morgan fingerprint density at radius 2 is 1.79 bits per heavy atom. The van der Waals surface area contributed by atoms with E-state index < -0.39 is 0 Å². The zero-order chi connectivity index (χ0) is 19.5. The van der Waals surface area contributed by atoms with E-state index in [1.165, 1.54) is 6.07 Å². The van der Waals surface area contributed by atoms with Crippen LogP contribution in [0.3, 0.4) is 0 Å². The molecule has 0 fully saturated rings. The molecule has 1 atom stereocenters. The van der Waals surface area contributed by atoms with Crippen molar-refractivity contribution in [2.24, 2.45) is 0 Å². The molecule has 0 aliphatic carbocycles. The zero-order valence-corrected chi connectivity index (χ0v) is 15.8. The predicted molar refractivity (Wildman–Crippen MR) is 105 cm³/mol. The van der Waals surface area contributed by atoms with Crippen molar-refractivity contribution in [2.75, 3.05) is 0 Å². The van der Waals surface area contributed by atoms with Crippen molar-refractivity contribution >= 4 is 0 Å². The molecule has 0 amide bonds. The van der Waals surface area contributed by atoms with Gasteiger partial charge in [-0.1, -0.05) is 23.4 Å². The topological polar surface area (TPSA) is 51.8 Å². The molecule has 0 saturated carbocycles. The Balaban J connectivity index is 1.90. The summed E-state index contributed by atoms with van der Waals surface area (Å²) in [5.74, 6) is 0.378. The quantitative estimate of drug-likeness (QED) is 0.479. The number of nitrogens with zero attached hydrogens (tertiary/aromatic N) is 3. The maximum atomic E-state index is 14.2. The molecule has 0 radical (unpaired) electrons. The van der Waals surface area contributed by atoms with E-state index in [1.807, 2.05) is 44.4 Å². The number of hydrogen-bond donors (Lipinski definition) is 0. The van der Waals surface area contributed by atoms with Crippen LogP contribution in [0.4, 0.5) is 4.39 Å². The average molecular weight is 373 g/mol. The summed E-state index contributed by atoms with van der Waals surface area (Å²) in [5.41, 5.74) is 5.56. The summed E-state index contributed by atoms with van der Waals surface area (Å²) >= 11 is 0. The van der Waals surface area contributed by atoms with Crippen LogP contribution in [0.1, 0.15) is 34.1 Å². The highest BCUT2D eigenvalue weighted by Gasteiger charge is 2.23. The van der Waals surface area contributed by atoms with E-state index in [4.69, 9.17) is 4.52 Å². The van der Waals surface area contributed by atoms with E-state index in [2.05, 4.69) is 27.3 Å². The van der Waals surface area contributed by atoms with Crippen molar-refractivity contribution < 1.29 is 8.91 Å². The summed E-state index contributed by atoms with van der Waals surface area (Å²) in [6, 6.07) is 12.9. The number of hydrogen-bond acceptors (Lipinski definition) is 4. The molecule has 0 N–H and O–H groups in total. The second-order valence-corrected chi connectivity index (χ2v) is 6.84. The number of aryl methyl sites for hydroxylation is 2. The van der Waals surface area contributed by atoms with Crippen molar-refractivity contribution in [3.63, 3.8) is 0 Å². The fraction of sp³-hybridized carbons (Fsp3) is 0.174. The van der Waals surface area contributed by atoms with Gasteiger partial charge in [-0.25, -0.2) is 4.39 Å². The third-order valence-electron chi connectivity index (χ3n) is 4.94. The van der Waals surface area contributed by atoms with Crippen LogP contribution in [0.25, 0.3) is 11.1 Å². The van der Waals surface area contributed by atoms with E-state index in [-0.39, 0.29) is 11.7 Å². The van der Waals surface area contributed by atoms with Gasteiger partial charge in [0.25, 0.3) is 0 Å². The van der Waals surface area contributed by atoms with E-state index >= 15 is 0 Å². The summed E-state index contributed by atoms with van der Waals surface area (Å²) in [5, 5.41) is 4.06. The minimum atomic E-state index is -0.287. The molecule has 3 aromatic heterocycles. The molecule has 5 heteroatoms. The first-order valence-electron chi connectivity index (χ1n) is 9.15. The molecule has 28 heavy (non-hydrogen) atoms. The Morgan fingerprint density at radius 1 is 1.00 bits per heavy atom. The summed E-state index contributed by atoms with van der Waals surface area (Å²) in [6.07, 6.45) is 7.96. The normalized spacial score (nSPS) is 12.1. The van der Waals surface area contributed by atoms with E-state index in [1.54, 1.807) is 18.5 Å². The smallest absolute Gasteiger partial charge is 0.141 e. The molecule has 3 heterocycles. The van der Waals surface area contributed by atoms with Gasteiger partial charge in [0.1, 0.15) is 11.6 Å². The summed E-state index contributed by atoms with van der Waals surface area (Å²) < 4.78 is 19.6. The van der Waals surface area contributed by atoms with Crippen molar-refractivity contribution in [3.05, 3.63) is 101 Å². The van der Waals surface area contributed by atoms with Gasteiger partial charge in [0, 0.05) is 36.3 Å². The lowest BCUT2D eigenvalue weighted by Crippen LogP contribution is -2.08. The number of pyridine rings is 2. The molecule has 0 bridgehead atoms. The van der Waals surface area contributed by atoms with Crippen LogP contribution in [0.2, 0.25) is 0 Å². The first kappa shape index (κ1) is 18.0. The molecular formula is C23H20FN3O. The van der Waals surface area contributed by atoms with Gasteiger partial charge < -0.3 is 4.52 Å². The Kier molecular flexibility index (Phi) is 4.98. The largest absolute Gasteiger partial charge is 0.361 e. The van der Waals surface area contributed by atoms with Crippen LogP contribution >= 0.6 is 0 Å². The highest BCUT2D eigenvalue weighted by atomic mass is 19.1. The van der Waals surface area contributed by atoms with Gasteiger partial charge in [-0.3, -0.25) is 9.97 Å². The first-order valence-corrected chi connectivity index (χ1v) is 9.15. The predicted octanol–water partition coefficient (Wildman–Crippen LogP) is 5.26.